The Hall–Kier alpha value is -0.770. The molecule has 1 aromatic carbocycles. The molecule has 0 aromatic heterocycles. The predicted octanol–water partition coefficient (Wildman–Crippen LogP) is 3.10. The molecule has 3 nitrogen and oxygen atoms in total. The number of amides is 1. The van der Waals surface area contributed by atoms with Crippen molar-refractivity contribution in [2.75, 3.05) is 11.4 Å². The molecule has 98 valence electrons. The van der Waals surface area contributed by atoms with Crippen molar-refractivity contribution in [1.29, 1.82) is 0 Å². The van der Waals surface area contributed by atoms with E-state index in [1.807, 2.05) is 13.8 Å². The van der Waals surface area contributed by atoms with Crippen LogP contribution in [0, 0.1) is 0 Å². The molecule has 0 radical (unpaired) electrons. The Morgan fingerprint density at radius 1 is 1.39 bits per heavy atom. The highest BCUT2D eigenvalue weighted by Crippen LogP contribution is 2.31. The summed E-state index contributed by atoms with van der Waals surface area (Å²) < 4.78 is 0. The average Bonchev–Trinajstić information content (AvgIpc) is 2.64. The van der Waals surface area contributed by atoms with Crippen molar-refractivity contribution < 1.29 is 4.79 Å². The molecular weight excluding hydrogens is 271 g/mol. The SMILES string of the molecule is CC(C)NC1CCN(c2cc(Cl)ccc2Cl)C1=O. The minimum absolute atomic E-state index is 0.0628. The van der Waals surface area contributed by atoms with E-state index in [0.717, 1.165) is 6.42 Å². The summed E-state index contributed by atoms with van der Waals surface area (Å²) in [5.74, 6) is 0.0628. The zero-order valence-corrected chi connectivity index (χ0v) is 11.9. The first-order valence-electron chi connectivity index (χ1n) is 6.01. The van der Waals surface area contributed by atoms with Gasteiger partial charge >= 0.3 is 0 Å². The smallest absolute Gasteiger partial charge is 0.244 e. The number of carbonyl (C=O) groups is 1. The number of halogens is 2. The van der Waals surface area contributed by atoms with Crippen LogP contribution in [0.15, 0.2) is 18.2 Å². The third-order valence-corrected chi connectivity index (χ3v) is 3.49. The zero-order chi connectivity index (χ0) is 13.3. The Kier molecular flexibility index (Phi) is 4.15. The number of anilines is 1. The number of rotatable bonds is 3. The van der Waals surface area contributed by atoms with E-state index in [9.17, 15) is 4.79 Å². The molecule has 1 unspecified atom stereocenters. The number of benzene rings is 1. The lowest BCUT2D eigenvalue weighted by atomic mass is 10.2. The number of nitrogens with zero attached hydrogens (tertiary/aromatic N) is 1. The fourth-order valence-corrected chi connectivity index (χ4v) is 2.55. The second-order valence-corrected chi connectivity index (χ2v) is 5.59. The van der Waals surface area contributed by atoms with Crippen molar-refractivity contribution >= 4 is 34.8 Å². The van der Waals surface area contributed by atoms with Gasteiger partial charge in [-0.25, -0.2) is 0 Å². The van der Waals surface area contributed by atoms with E-state index in [2.05, 4.69) is 5.32 Å². The van der Waals surface area contributed by atoms with E-state index in [0.29, 0.717) is 22.3 Å². The van der Waals surface area contributed by atoms with Gasteiger partial charge in [0.25, 0.3) is 0 Å². The molecule has 0 spiro atoms. The lowest BCUT2D eigenvalue weighted by Crippen LogP contribution is -2.41. The lowest BCUT2D eigenvalue weighted by molar-refractivity contribution is -0.118. The second-order valence-electron chi connectivity index (χ2n) is 4.75. The average molecular weight is 287 g/mol. The van der Waals surface area contributed by atoms with Gasteiger partial charge in [0.15, 0.2) is 0 Å². The summed E-state index contributed by atoms with van der Waals surface area (Å²) in [5.41, 5.74) is 0.697. The topological polar surface area (TPSA) is 32.3 Å². The monoisotopic (exact) mass is 286 g/mol. The van der Waals surface area contributed by atoms with Crippen molar-refractivity contribution in [3.05, 3.63) is 28.2 Å². The lowest BCUT2D eigenvalue weighted by Gasteiger charge is -2.19. The van der Waals surface area contributed by atoms with E-state index < -0.39 is 0 Å². The zero-order valence-electron chi connectivity index (χ0n) is 10.4. The maximum Gasteiger partial charge on any atom is 0.244 e. The van der Waals surface area contributed by atoms with Crippen molar-refractivity contribution in [1.82, 2.24) is 5.32 Å². The summed E-state index contributed by atoms with van der Waals surface area (Å²) >= 11 is 12.1. The minimum Gasteiger partial charge on any atom is -0.309 e. The van der Waals surface area contributed by atoms with Crippen molar-refractivity contribution in [2.24, 2.45) is 0 Å². The summed E-state index contributed by atoms with van der Waals surface area (Å²) in [5, 5.41) is 4.40. The molecule has 1 atom stereocenters. The van der Waals surface area contributed by atoms with Gasteiger partial charge in [-0.05, 0) is 24.6 Å². The van der Waals surface area contributed by atoms with Crippen LogP contribution in [-0.4, -0.2) is 24.5 Å². The third kappa shape index (κ3) is 2.79. The van der Waals surface area contributed by atoms with Crippen molar-refractivity contribution in [2.45, 2.75) is 32.4 Å². The quantitative estimate of drug-likeness (QED) is 0.926. The molecule has 18 heavy (non-hydrogen) atoms. The summed E-state index contributed by atoms with van der Waals surface area (Å²) in [6.45, 7) is 4.73. The predicted molar refractivity (Wildman–Crippen MR) is 75.5 cm³/mol. The second kappa shape index (κ2) is 5.47. The number of hydrogen-bond donors (Lipinski definition) is 1. The van der Waals surface area contributed by atoms with Crippen LogP contribution in [0.4, 0.5) is 5.69 Å². The molecule has 1 saturated heterocycles. The molecule has 1 N–H and O–H groups in total. The first kappa shape index (κ1) is 13.7. The van der Waals surface area contributed by atoms with E-state index in [1.165, 1.54) is 0 Å². The van der Waals surface area contributed by atoms with Crippen LogP contribution < -0.4 is 10.2 Å². The maximum atomic E-state index is 12.3. The molecule has 0 bridgehead atoms. The molecule has 1 heterocycles. The van der Waals surface area contributed by atoms with E-state index in [-0.39, 0.29) is 18.0 Å². The number of nitrogens with one attached hydrogen (secondary N) is 1. The minimum atomic E-state index is -0.125. The van der Waals surface area contributed by atoms with Gasteiger partial charge in [0.1, 0.15) is 0 Å². The van der Waals surface area contributed by atoms with Gasteiger partial charge < -0.3 is 10.2 Å². The van der Waals surface area contributed by atoms with Crippen LogP contribution in [0.2, 0.25) is 10.0 Å². The number of hydrogen-bond acceptors (Lipinski definition) is 2. The Morgan fingerprint density at radius 2 is 2.11 bits per heavy atom. The van der Waals surface area contributed by atoms with Crippen molar-refractivity contribution in [3.8, 4) is 0 Å². The molecular formula is C13H16Cl2N2O. The van der Waals surface area contributed by atoms with Gasteiger partial charge in [-0.1, -0.05) is 37.0 Å². The molecule has 1 aliphatic heterocycles. The Bertz CT molecular complexity index is 462. The van der Waals surface area contributed by atoms with Gasteiger partial charge in [0, 0.05) is 17.6 Å². The molecule has 1 aliphatic rings. The van der Waals surface area contributed by atoms with Crippen LogP contribution in [0.25, 0.3) is 0 Å². The van der Waals surface area contributed by atoms with Gasteiger partial charge in [0.2, 0.25) is 5.91 Å². The highest BCUT2D eigenvalue weighted by Gasteiger charge is 2.33. The van der Waals surface area contributed by atoms with E-state index >= 15 is 0 Å². The van der Waals surface area contributed by atoms with Crippen LogP contribution in [0.1, 0.15) is 20.3 Å². The standard InChI is InChI=1S/C13H16Cl2N2O/c1-8(2)16-11-5-6-17(13(11)18)12-7-9(14)3-4-10(12)15/h3-4,7-8,11,16H,5-6H2,1-2H3. The summed E-state index contributed by atoms with van der Waals surface area (Å²) in [6, 6.07) is 5.33. The fourth-order valence-electron chi connectivity index (χ4n) is 2.17. The normalized spacial score (nSPS) is 19.9. The largest absolute Gasteiger partial charge is 0.309 e. The highest BCUT2D eigenvalue weighted by molar-refractivity contribution is 6.35. The molecule has 1 fully saturated rings. The Labute approximate surface area is 117 Å². The molecule has 5 heteroatoms. The molecule has 1 amide bonds. The number of carbonyl (C=O) groups excluding carboxylic acids is 1. The van der Waals surface area contributed by atoms with Gasteiger partial charge in [-0.3, -0.25) is 4.79 Å². The van der Waals surface area contributed by atoms with Gasteiger partial charge in [-0.2, -0.15) is 0 Å². The summed E-state index contributed by atoms with van der Waals surface area (Å²) in [7, 11) is 0. The van der Waals surface area contributed by atoms with Crippen LogP contribution in [-0.2, 0) is 4.79 Å². The van der Waals surface area contributed by atoms with Crippen LogP contribution in [0.3, 0.4) is 0 Å². The Morgan fingerprint density at radius 3 is 2.78 bits per heavy atom. The molecule has 0 saturated carbocycles. The molecule has 2 rings (SSSR count). The van der Waals surface area contributed by atoms with Crippen LogP contribution in [0.5, 0.6) is 0 Å². The van der Waals surface area contributed by atoms with Crippen LogP contribution >= 0.6 is 23.2 Å². The van der Waals surface area contributed by atoms with E-state index in [4.69, 9.17) is 23.2 Å². The van der Waals surface area contributed by atoms with E-state index in [1.54, 1.807) is 23.1 Å². The fraction of sp³-hybridized carbons (Fsp3) is 0.462. The van der Waals surface area contributed by atoms with Gasteiger partial charge in [-0.15, -0.1) is 0 Å². The third-order valence-electron chi connectivity index (χ3n) is 2.94. The molecule has 1 aromatic rings. The Balaban J connectivity index is 2.20. The molecule has 0 aliphatic carbocycles. The first-order chi connectivity index (χ1) is 8.49. The van der Waals surface area contributed by atoms with Gasteiger partial charge in [0.05, 0.1) is 16.8 Å². The maximum absolute atomic E-state index is 12.3. The van der Waals surface area contributed by atoms with Crippen molar-refractivity contribution in [3.63, 3.8) is 0 Å². The first-order valence-corrected chi connectivity index (χ1v) is 6.77. The highest BCUT2D eigenvalue weighted by atomic mass is 35.5. The summed E-state index contributed by atoms with van der Waals surface area (Å²) in [6.07, 6.45) is 0.792. The summed E-state index contributed by atoms with van der Waals surface area (Å²) in [4.78, 5) is 14.0.